The normalized spacial score (nSPS) is 10.7. The molecule has 0 atom stereocenters. The second-order valence-electron chi connectivity index (χ2n) is 7.22. The van der Waals surface area contributed by atoms with Gasteiger partial charge in [0.1, 0.15) is 6.61 Å². The van der Waals surface area contributed by atoms with Gasteiger partial charge in [-0.3, -0.25) is 4.79 Å². The van der Waals surface area contributed by atoms with E-state index in [2.05, 4.69) is 15.5 Å². The molecule has 0 unspecified atom stereocenters. The number of nitrogens with one attached hydrogen (secondary N) is 1. The van der Waals surface area contributed by atoms with Crippen LogP contribution in [0.5, 0.6) is 11.5 Å². The number of benzene rings is 2. The number of anilines is 1. The highest BCUT2D eigenvalue weighted by molar-refractivity contribution is 7.99. The van der Waals surface area contributed by atoms with Crippen molar-refractivity contribution in [3.8, 4) is 11.5 Å². The fourth-order valence-electron chi connectivity index (χ4n) is 3.03. The molecule has 164 valence electrons. The van der Waals surface area contributed by atoms with Gasteiger partial charge in [-0.05, 0) is 68.7 Å². The summed E-state index contributed by atoms with van der Waals surface area (Å²) in [6, 6.07) is 11.7. The van der Waals surface area contributed by atoms with Crippen molar-refractivity contribution in [2.75, 3.05) is 18.2 Å². The molecule has 1 N–H and O–H groups in total. The first-order chi connectivity index (χ1) is 14.9. The second-order valence-corrected chi connectivity index (χ2v) is 8.16. The molecule has 3 rings (SSSR count). The van der Waals surface area contributed by atoms with Crippen LogP contribution in [-0.4, -0.2) is 33.5 Å². The van der Waals surface area contributed by atoms with E-state index in [1.54, 1.807) is 7.11 Å². The number of amides is 1. The van der Waals surface area contributed by atoms with Gasteiger partial charge >= 0.3 is 0 Å². The van der Waals surface area contributed by atoms with Crippen LogP contribution in [0.15, 0.2) is 41.6 Å². The van der Waals surface area contributed by atoms with Gasteiger partial charge in [-0.2, -0.15) is 0 Å². The van der Waals surface area contributed by atoms with Crippen molar-refractivity contribution in [1.29, 1.82) is 0 Å². The first kappa shape index (κ1) is 22.7. The highest BCUT2D eigenvalue weighted by Gasteiger charge is 2.15. The number of carbonyl (C=O) groups is 1. The first-order valence-electron chi connectivity index (χ1n) is 10.1. The molecule has 3 aromatic rings. The monoisotopic (exact) mass is 440 g/mol. The summed E-state index contributed by atoms with van der Waals surface area (Å²) in [4.78, 5) is 12.4. The highest BCUT2D eigenvalue weighted by Crippen LogP contribution is 2.28. The van der Waals surface area contributed by atoms with E-state index < -0.39 is 0 Å². The van der Waals surface area contributed by atoms with Crippen LogP contribution in [0.1, 0.15) is 29.4 Å². The zero-order valence-corrected chi connectivity index (χ0v) is 19.4. The third-order valence-corrected chi connectivity index (χ3v) is 5.88. The number of rotatable bonds is 9. The molecule has 0 saturated heterocycles. The van der Waals surface area contributed by atoms with Gasteiger partial charge in [0.2, 0.25) is 5.91 Å². The molecular weight excluding hydrogens is 412 g/mol. The zero-order valence-electron chi connectivity index (χ0n) is 18.6. The summed E-state index contributed by atoms with van der Waals surface area (Å²) in [5, 5.41) is 12.1. The molecule has 0 bridgehead atoms. The Morgan fingerprint density at radius 1 is 1.06 bits per heavy atom. The molecule has 0 aliphatic rings. The minimum Gasteiger partial charge on any atom is -0.493 e. The fourth-order valence-corrected chi connectivity index (χ4v) is 3.85. The van der Waals surface area contributed by atoms with Gasteiger partial charge in [-0.25, -0.2) is 0 Å². The third kappa shape index (κ3) is 5.79. The molecule has 1 heterocycles. The second kappa shape index (κ2) is 10.3. The summed E-state index contributed by atoms with van der Waals surface area (Å²) in [7, 11) is 1.62. The first-order valence-corrected chi connectivity index (χ1v) is 11.1. The van der Waals surface area contributed by atoms with Crippen molar-refractivity contribution in [3.63, 3.8) is 0 Å². The predicted octanol–water partition coefficient (Wildman–Crippen LogP) is 4.54. The van der Waals surface area contributed by atoms with Gasteiger partial charge < -0.3 is 19.4 Å². The molecule has 0 fully saturated rings. The van der Waals surface area contributed by atoms with Gasteiger partial charge in [0.25, 0.3) is 0 Å². The van der Waals surface area contributed by atoms with Crippen molar-refractivity contribution in [2.45, 2.75) is 46.0 Å². The summed E-state index contributed by atoms with van der Waals surface area (Å²) in [5.41, 5.74) is 4.23. The zero-order chi connectivity index (χ0) is 22.4. The quantitative estimate of drug-likeness (QED) is 0.492. The molecular formula is C23H28N4O3S. The molecule has 0 aliphatic carbocycles. The number of thioether (sulfide) groups is 1. The average molecular weight is 441 g/mol. The van der Waals surface area contributed by atoms with Crippen LogP contribution >= 0.6 is 11.8 Å². The molecule has 0 radical (unpaired) electrons. The molecule has 0 aliphatic heterocycles. The Balaban J connectivity index is 1.60. The van der Waals surface area contributed by atoms with Gasteiger partial charge in [0.05, 0.1) is 12.9 Å². The van der Waals surface area contributed by atoms with Crippen molar-refractivity contribution in [1.82, 2.24) is 14.8 Å². The van der Waals surface area contributed by atoms with Crippen LogP contribution < -0.4 is 14.8 Å². The Labute approximate surface area is 187 Å². The van der Waals surface area contributed by atoms with E-state index in [-0.39, 0.29) is 18.3 Å². The van der Waals surface area contributed by atoms with Crippen LogP contribution in [-0.2, 0) is 17.9 Å². The summed E-state index contributed by atoms with van der Waals surface area (Å²) in [5.74, 6) is 2.20. The van der Waals surface area contributed by atoms with Gasteiger partial charge in [0, 0.05) is 12.2 Å². The van der Waals surface area contributed by atoms with E-state index in [0.29, 0.717) is 29.0 Å². The Morgan fingerprint density at radius 3 is 2.58 bits per heavy atom. The topological polar surface area (TPSA) is 78.3 Å². The van der Waals surface area contributed by atoms with Crippen LogP contribution in [0.4, 0.5) is 5.69 Å². The predicted molar refractivity (Wildman–Crippen MR) is 123 cm³/mol. The lowest BCUT2D eigenvalue weighted by Gasteiger charge is -2.12. The molecule has 7 nitrogen and oxygen atoms in total. The maximum atomic E-state index is 12.4. The Bertz CT molecular complexity index is 1060. The lowest BCUT2D eigenvalue weighted by molar-refractivity contribution is -0.113. The van der Waals surface area contributed by atoms with E-state index in [1.807, 2.05) is 68.7 Å². The Hall–Kier alpha value is -3.00. The van der Waals surface area contributed by atoms with E-state index in [4.69, 9.17) is 9.47 Å². The molecule has 31 heavy (non-hydrogen) atoms. The van der Waals surface area contributed by atoms with Crippen molar-refractivity contribution >= 4 is 23.4 Å². The molecule has 1 aromatic heterocycles. The van der Waals surface area contributed by atoms with Crippen LogP contribution in [0, 0.1) is 20.8 Å². The SMILES string of the molecule is CCn1c(COc2ccc(C)cc2OC)nnc1SCC(=O)Nc1ccc(C)c(C)c1. The molecule has 0 saturated carbocycles. The van der Waals surface area contributed by atoms with Gasteiger partial charge in [-0.1, -0.05) is 23.9 Å². The summed E-state index contributed by atoms with van der Waals surface area (Å²) in [6.07, 6.45) is 0. The minimum atomic E-state index is -0.0823. The standard InChI is InChI=1S/C23H28N4O3S/c1-6-27-21(13-30-19-10-7-15(2)11-20(19)29-5)25-26-23(27)31-14-22(28)24-18-9-8-16(3)17(4)12-18/h7-12H,6,13-14H2,1-5H3,(H,24,28). The van der Waals surface area contributed by atoms with E-state index in [9.17, 15) is 4.79 Å². The number of hydrogen-bond donors (Lipinski definition) is 1. The number of ether oxygens (including phenoxy) is 2. The molecule has 0 spiro atoms. The maximum Gasteiger partial charge on any atom is 0.234 e. The number of carbonyl (C=O) groups excluding carboxylic acids is 1. The largest absolute Gasteiger partial charge is 0.493 e. The third-order valence-electron chi connectivity index (χ3n) is 4.91. The lowest BCUT2D eigenvalue weighted by Crippen LogP contribution is -2.15. The summed E-state index contributed by atoms with van der Waals surface area (Å²) >= 11 is 1.36. The van der Waals surface area contributed by atoms with Crippen molar-refractivity contribution < 1.29 is 14.3 Å². The molecule has 2 aromatic carbocycles. The van der Waals surface area contributed by atoms with Crippen molar-refractivity contribution in [3.05, 3.63) is 58.9 Å². The smallest absolute Gasteiger partial charge is 0.234 e. The number of methoxy groups -OCH3 is 1. The lowest BCUT2D eigenvalue weighted by atomic mass is 10.1. The van der Waals surface area contributed by atoms with Gasteiger partial charge in [0.15, 0.2) is 22.5 Å². The van der Waals surface area contributed by atoms with Crippen LogP contribution in [0.3, 0.4) is 0 Å². The number of aryl methyl sites for hydroxylation is 3. The van der Waals surface area contributed by atoms with Crippen LogP contribution in [0.25, 0.3) is 0 Å². The number of hydrogen-bond acceptors (Lipinski definition) is 6. The molecule has 1 amide bonds. The average Bonchev–Trinajstić information content (AvgIpc) is 3.15. The Morgan fingerprint density at radius 2 is 1.87 bits per heavy atom. The van der Waals surface area contributed by atoms with Crippen molar-refractivity contribution in [2.24, 2.45) is 0 Å². The highest BCUT2D eigenvalue weighted by atomic mass is 32.2. The molecule has 8 heteroatoms. The fraction of sp³-hybridized carbons (Fsp3) is 0.348. The number of aromatic nitrogens is 3. The summed E-state index contributed by atoms with van der Waals surface area (Å²) < 4.78 is 13.3. The summed E-state index contributed by atoms with van der Waals surface area (Å²) in [6.45, 7) is 9.02. The van der Waals surface area contributed by atoms with E-state index >= 15 is 0 Å². The van der Waals surface area contributed by atoms with Gasteiger partial charge in [-0.15, -0.1) is 10.2 Å². The minimum absolute atomic E-state index is 0.0823. The van der Waals surface area contributed by atoms with Crippen LogP contribution in [0.2, 0.25) is 0 Å². The van der Waals surface area contributed by atoms with E-state index in [0.717, 1.165) is 16.8 Å². The Kier molecular flexibility index (Phi) is 7.57. The maximum absolute atomic E-state index is 12.4. The number of nitrogens with zero attached hydrogens (tertiary/aromatic N) is 3. The van der Waals surface area contributed by atoms with E-state index in [1.165, 1.54) is 17.3 Å².